The highest BCUT2D eigenvalue weighted by Crippen LogP contribution is 2.53. The topological polar surface area (TPSA) is 106 Å². The van der Waals surface area contributed by atoms with Gasteiger partial charge in [0.25, 0.3) is 0 Å². The summed E-state index contributed by atoms with van der Waals surface area (Å²) in [5, 5.41) is 5.62. The summed E-state index contributed by atoms with van der Waals surface area (Å²) in [5.74, 6) is -0.857. The Morgan fingerprint density at radius 3 is 2.41 bits per heavy atom. The summed E-state index contributed by atoms with van der Waals surface area (Å²) in [6.45, 7) is 1.76. The first kappa shape index (κ1) is 22.0. The zero-order valence-electron chi connectivity index (χ0n) is 19.0. The fourth-order valence-corrected chi connectivity index (χ4v) is 5.08. The van der Waals surface area contributed by atoms with Crippen molar-refractivity contribution in [2.24, 2.45) is 11.8 Å². The molecule has 5 rings (SSSR count). The molecule has 0 saturated carbocycles. The number of rotatable bonds is 6. The van der Waals surface area contributed by atoms with Gasteiger partial charge in [-0.15, -0.1) is 0 Å². The van der Waals surface area contributed by atoms with Crippen LogP contribution in [-0.2, 0) is 19.1 Å². The molecule has 2 fully saturated rings. The molecule has 2 saturated heterocycles. The van der Waals surface area contributed by atoms with E-state index in [2.05, 4.69) is 10.6 Å². The number of ether oxygens (including phenoxy) is 3. The van der Waals surface area contributed by atoms with Crippen LogP contribution in [-0.4, -0.2) is 50.2 Å². The van der Waals surface area contributed by atoms with Gasteiger partial charge in [0.15, 0.2) is 11.5 Å². The Morgan fingerprint density at radius 1 is 1.03 bits per heavy atom. The predicted octanol–water partition coefficient (Wildman–Crippen LogP) is 2.59. The van der Waals surface area contributed by atoms with E-state index in [0.717, 1.165) is 0 Å². The van der Waals surface area contributed by atoms with Gasteiger partial charge in [0.2, 0.25) is 17.7 Å². The minimum Gasteiger partial charge on any atom is -0.493 e. The van der Waals surface area contributed by atoms with Gasteiger partial charge in [0.1, 0.15) is 5.60 Å². The molecule has 2 aromatic rings. The van der Waals surface area contributed by atoms with Crippen molar-refractivity contribution in [3.05, 3.63) is 54.6 Å². The number of hydrogen-bond donors (Lipinski definition) is 2. The highest BCUT2D eigenvalue weighted by atomic mass is 16.5. The first-order valence-electron chi connectivity index (χ1n) is 10.9. The Hall–Kier alpha value is -3.85. The number of hydrogen-bond acceptors (Lipinski definition) is 6. The number of fused-ring (bicyclic) bond motifs is 1. The molecule has 2 N–H and O–H groups in total. The van der Waals surface area contributed by atoms with E-state index >= 15 is 0 Å². The maximum Gasteiger partial charge on any atom is 0.234 e. The van der Waals surface area contributed by atoms with Crippen molar-refractivity contribution in [3.8, 4) is 11.5 Å². The molecule has 9 nitrogen and oxygen atoms in total. The van der Waals surface area contributed by atoms with Crippen molar-refractivity contribution in [2.45, 2.75) is 18.6 Å². The lowest BCUT2D eigenvalue weighted by Gasteiger charge is -2.23. The molecule has 1 spiro atoms. The standard InChI is InChI=1S/C25H25N3O6/c1-14(29)26-15-4-7-17(8-5-15)28-13-25-11-10-19(34-25)21(22(25)24(28)31)23(30)27-16-6-9-18(32-2)20(12-16)33-3/h4-12,19,21-22H,13H2,1-3H3,(H,26,29)(H,27,30)/t19-,21+,22-,25+/m0/s1. The molecule has 9 heteroatoms. The quantitative estimate of drug-likeness (QED) is 0.638. The summed E-state index contributed by atoms with van der Waals surface area (Å²) >= 11 is 0. The maximum atomic E-state index is 13.5. The van der Waals surface area contributed by atoms with Gasteiger partial charge in [-0.1, -0.05) is 12.2 Å². The Labute approximate surface area is 196 Å². The first-order valence-corrected chi connectivity index (χ1v) is 10.9. The minimum atomic E-state index is -0.836. The number of benzene rings is 2. The van der Waals surface area contributed by atoms with Crippen LogP contribution in [0.15, 0.2) is 54.6 Å². The van der Waals surface area contributed by atoms with E-state index < -0.39 is 23.5 Å². The number of nitrogens with zero attached hydrogens (tertiary/aromatic N) is 1. The van der Waals surface area contributed by atoms with Crippen LogP contribution in [0.1, 0.15) is 6.92 Å². The SMILES string of the molecule is COc1ccc(NC(=O)[C@@H]2[C@@H]3C=C[C@]4(CN(c5ccc(NC(C)=O)cc5)C(=O)[C@H]24)O3)cc1OC. The summed E-state index contributed by atoms with van der Waals surface area (Å²) in [7, 11) is 3.07. The summed E-state index contributed by atoms with van der Waals surface area (Å²) < 4.78 is 16.8. The predicted molar refractivity (Wildman–Crippen MR) is 125 cm³/mol. The molecular formula is C25H25N3O6. The zero-order chi connectivity index (χ0) is 24.0. The van der Waals surface area contributed by atoms with Gasteiger partial charge < -0.3 is 29.7 Å². The molecule has 2 aromatic carbocycles. The lowest BCUT2D eigenvalue weighted by Crippen LogP contribution is -2.41. The second kappa shape index (κ2) is 8.18. The zero-order valence-corrected chi connectivity index (χ0v) is 19.0. The van der Waals surface area contributed by atoms with Gasteiger partial charge in [0.05, 0.1) is 38.7 Å². The van der Waals surface area contributed by atoms with Crippen LogP contribution in [0.2, 0.25) is 0 Å². The van der Waals surface area contributed by atoms with Crippen molar-refractivity contribution >= 4 is 34.8 Å². The first-order chi connectivity index (χ1) is 16.3. The van der Waals surface area contributed by atoms with E-state index in [0.29, 0.717) is 35.1 Å². The van der Waals surface area contributed by atoms with Crippen LogP contribution in [0.25, 0.3) is 0 Å². The molecular weight excluding hydrogens is 438 g/mol. The molecule has 0 aromatic heterocycles. The van der Waals surface area contributed by atoms with Crippen molar-refractivity contribution < 1.29 is 28.6 Å². The van der Waals surface area contributed by atoms with E-state index in [4.69, 9.17) is 14.2 Å². The molecule has 34 heavy (non-hydrogen) atoms. The van der Waals surface area contributed by atoms with E-state index in [1.807, 2.05) is 12.2 Å². The third-order valence-electron chi connectivity index (χ3n) is 6.55. The highest BCUT2D eigenvalue weighted by molar-refractivity contribution is 6.05. The Morgan fingerprint density at radius 2 is 1.74 bits per heavy atom. The lowest BCUT2D eigenvalue weighted by molar-refractivity contribution is -0.128. The third-order valence-corrected chi connectivity index (χ3v) is 6.55. The number of anilines is 3. The molecule has 3 aliphatic rings. The van der Waals surface area contributed by atoms with E-state index in [9.17, 15) is 14.4 Å². The Balaban J connectivity index is 1.37. The molecule has 0 radical (unpaired) electrons. The van der Waals surface area contributed by atoms with E-state index in [-0.39, 0.29) is 17.7 Å². The van der Waals surface area contributed by atoms with Crippen molar-refractivity contribution in [2.75, 3.05) is 36.3 Å². The molecule has 3 aliphatic heterocycles. The molecule has 2 bridgehead atoms. The van der Waals surface area contributed by atoms with Gasteiger partial charge in [0, 0.05) is 30.1 Å². The van der Waals surface area contributed by atoms with Crippen molar-refractivity contribution in [3.63, 3.8) is 0 Å². The maximum absolute atomic E-state index is 13.5. The van der Waals surface area contributed by atoms with Crippen LogP contribution in [0.5, 0.6) is 11.5 Å². The third kappa shape index (κ3) is 3.49. The van der Waals surface area contributed by atoms with Gasteiger partial charge in [-0.3, -0.25) is 14.4 Å². The van der Waals surface area contributed by atoms with Crippen molar-refractivity contribution in [1.29, 1.82) is 0 Å². The summed E-state index contributed by atoms with van der Waals surface area (Å²) in [6, 6.07) is 12.1. The largest absolute Gasteiger partial charge is 0.493 e. The summed E-state index contributed by atoms with van der Waals surface area (Å²) in [5.41, 5.74) is 1.03. The van der Waals surface area contributed by atoms with Crippen LogP contribution in [0, 0.1) is 11.8 Å². The molecule has 3 heterocycles. The highest BCUT2D eigenvalue weighted by Gasteiger charge is 2.67. The van der Waals surface area contributed by atoms with Gasteiger partial charge in [-0.2, -0.15) is 0 Å². The molecule has 3 amide bonds. The average Bonchev–Trinajstić information content (AvgIpc) is 3.47. The summed E-state index contributed by atoms with van der Waals surface area (Å²) in [6.07, 6.45) is 3.32. The molecule has 0 aliphatic carbocycles. The number of amides is 3. The van der Waals surface area contributed by atoms with Crippen molar-refractivity contribution in [1.82, 2.24) is 0 Å². The van der Waals surface area contributed by atoms with Gasteiger partial charge in [-0.25, -0.2) is 0 Å². The van der Waals surface area contributed by atoms with Crippen LogP contribution in [0.4, 0.5) is 17.1 Å². The van der Waals surface area contributed by atoms with E-state index in [1.54, 1.807) is 54.5 Å². The van der Waals surface area contributed by atoms with E-state index in [1.165, 1.54) is 14.0 Å². The molecule has 0 unspecified atom stereocenters. The molecule has 4 atom stereocenters. The van der Waals surface area contributed by atoms with Crippen LogP contribution < -0.4 is 25.0 Å². The van der Waals surface area contributed by atoms with Crippen LogP contribution in [0.3, 0.4) is 0 Å². The number of carbonyl (C=O) groups is 3. The second-order valence-corrected chi connectivity index (χ2v) is 8.61. The average molecular weight is 463 g/mol. The van der Waals surface area contributed by atoms with Gasteiger partial charge in [-0.05, 0) is 36.4 Å². The number of methoxy groups -OCH3 is 2. The second-order valence-electron chi connectivity index (χ2n) is 8.61. The van der Waals surface area contributed by atoms with Crippen LogP contribution >= 0.6 is 0 Å². The Bertz CT molecular complexity index is 1190. The normalized spacial score (nSPS) is 26.4. The summed E-state index contributed by atoms with van der Waals surface area (Å²) in [4.78, 5) is 39.8. The smallest absolute Gasteiger partial charge is 0.234 e. The number of nitrogens with one attached hydrogen (secondary N) is 2. The monoisotopic (exact) mass is 463 g/mol. The number of carbonyl (C=O) groups excluding carboxylic acids is 3. The minimum absolute atomic E-state index is 0.161. The Kier molecular flexibility index (Phi) is 5.28. The molecule has 176 valence electrons. The van der Waals surface area contributed by atoms with Gasteiger partial charge >= 0.3 is 0 Å². The fraction of sp³-hybridized carbons (Fsp3) is 0.320. The fourth-order valence-electron chi connectivity index (χ4n) is 5.08. The lowest BCUT2D eigenvalue weighted by atomic mass is 9.77.